The number of hydrogen-bond acceptors (Lipinski definition) is 5. The van der Waals surface area contributed by atoms with E-state index in [1.165, 1.54) is 20.3 Å². The molecular formula is C11H13NO4S. The standard InChI is InChI=1S/C11H13NO4S/c1-15-9-4-5-10(16-2)11(17(3,13)14)8(9)6-7-12/h4-5H,6H2,1-3H3. The van der Waals surface area contributed by atoms with Crippen LogP contribution in [0.15, 0.2) is 17.0 Å². The molecule has 0 aliphatic heterocycles. The summed E-state index contributed by atoms with van der Waals surface area (Å²) in [6.45, 7) is 0. The van der Waals surface area contributed by atoms with E-state index in [-0.39, 0.29) is 17.1 Å². The summed E-state index contributed by atoms with van der Waals surface area (Å²) in [5.74, 6) is 0.589. The van der Waals surface area contributed by atoms with Gasteiger partial charge in [-0.15, -0.1) is 0 Å². The van der Waals surface area contributed by atoms with Crippen LogP contribution in [0.2, 0.25) is 0 Å². The maximum absolute atomic E-state index is 11.7. The molecule has 0 unspecified atom stereocenters. The predicted octanol–water partition coefficient (Wildman–Crippen LogP) is 1.17. The summed E-state index contributed by atoms with van der Waals surface area (Å²) in [5, 5.41) is 8.75. The number of nitrogens with zero attached hydrogens (tertiary/aromatic N) is 1. The Labute approximate surface area is 101 Å². The molecule has 6 heteroatoms. The number of nitriles is 1. The van der Waals surface area contributed by atoms with Gasteiger partial charge in [-0.25, -0.2) is 8.42 Å². The van der Waals surface area contributed by atoms with Crippen LogP contribution < -0.4 is 9.47 Å². The van der Waals surface area contributed by atoms with Crippen molar-refractivity contribution < 1.29 is 17.9 Å². The molecule has 0 aliphatic carbocycles. The van der Waals surface area contributed by atoms with Gasteiger partial charge in [-0.1, -0.05) is 0 Å². The van der Waals surface area contributed by atoms with Gasteiger partial charge in [0.2, 0.25) is 0 Å². The highest BCUT2D eigenvalue weighted by Gasteiger charge is 2.22. The first-order valence-electron chi connectivity index (χ1n) is 4.76. The molecular weight excluding hydrogens is 242 g/mol. The lowest BCUT2D eigenvalue weighted by Gasteiger charge is -2.14. The fourth-order valence-electron chi connectivity index (χ4n) is 1.59. The highest BCUT2D eigenvalue weighted by molar-refractivity contribution is 7.90. The molecule has 0 spiro atoms. The van der Waals surface area contributed by atoms with Crippen LogP contribution in [0, 0.1) is 11.3 Å². The molecule has 1 aromatic carbocycles. The fraction of sp³-hybridized carbons (Fsp3) is 0.364. The Bertz CT molecular complexity index is 558. The second-order valence-corrected chi connectivity index (χ2v) is 5.34. The second kappa shape index (κ2) is 5.06. The van der Waals surface area contributed by atoms with Crippen LogP contribution in [0.3, 0.4) is 0 Å². The fourth-order valence-corrected chi connectivity index (χ4v) is 2.73. The van der Waals surface area contributed by atoms with Gasteiger partial charge in [-0.3, -0.25) is 0 Å². The Kier molecular flexibility index (Phi) is 3.97. The Morgan fingerprint density at radius 3 is 2.18 bits per heavy atom. The minimum atomic E-state index is -3.49. The number of rotatable bonds is 4. The second-order valence-electron chi connectivity index (χ2n) is 3.38. The Balaban J connectivity index is 3.66. The van der Waals surface area contributed by atoms with Gasteiger partial charge in [0.25, 0.3) is 0 Å². The molecule has 5 nitrogen and oxygen atoms in total. The van der Waals surface area contributed by atoms with Crippen LogP contribution in [-0.2, 0) is 16.3 Å². The Morgan fingerprint density at radius 2 is 1.76 bits per heavy atom. The molecule has 1 aromatic rings. The first kappa shape index (κ1) is 13.3. The van der Waals surface area contributed by atoms with Crippen LogP contribution in [0.1, 0.15) is 5.56 Å². The van der Waals surface area contributed by atoms with E-state index in [1.54, 1.807) is 6.07 Å². The van der Waals surface area contributed by atoms with Crippen molar-refractivity contribution in [3.8, 4) is 17.6 Å². The SMILES string of the molecule is COc1ccc(OC)c(S(C)(=O)=O)c1CC#N. The molecule has 0 amide bonds. The molecule has 1 rings (SSSR count). The highest BCUT2D eigenvalue weighted by Crippen LogP contribution is 2.34. The van der Waals surface area contributed by atoms with E-state index in [0.717, 1.165) is 6.26 Å². The number of methoxy groups -OCH3 is 2. The van der Waals surface area contributed by atoms with Gasteiger partial charge in [-0.05, 0) is 12.1 Å². The molecule has 92 valence electrons. The van der Waals surface area contributed by atoms with Crippen molar-refractivity contribution in [2.24, 2.45) is 0 Å². The third kappa shape index (κ3) is 2.68. The molecule has 0 bridgehead atoms. The van der Waals surface area contributed by atoms with Crippen LogP contribution in [-0.4, -0.2) is 28.9 Å². The zero-order valence-electron chi connectivity index (χ0n) is 9.85. The van der Waals surface area contributed by atoms with Crippen molar-refractivity contribution in [2.45, 2.75) is 11.3 Å². The quantitative estimate of drug-likeness (QED) is 0.807. The lowest BCUT2D eigenvalue weighted by atomic mass is 10.1. The van der Waals surface area contributed by atoms with E-state index in [4.69, 9.17) is 14.7 Å². The third-order valence-electron chi connectivity index (χ3n) is 2.25. The maximum atomic E-state index is 11.7. The van der Waals surface area contributed by atoms with Gasteiger partial charge < -0.3 is 9.47 Å². The zero-order chi connectivity index (χ0) is 13.1. The first-order chi connectivity index (χ1) is 7.95. The Morgan fingerprint density at radius 1 is 1.24 bits per heavy atom. The molecule has 0 aliphatic rings. The monoisotopic (exact) mass is 255 g/mol. The van der Waals surface area contributed by atoms with Gasteiger partial charge in [-0.2, -0.15) is 5.26 Å². The lowest BCUT2D eigenvalue weighted by molar-refractivity contribution is 0.388. The van der Waals surface area contributed by atoms with Crippen molar-refractivity contribution in [2.75, 3.05) is 20.5 Å². The van der Waals surface area contributed by atoms with Gasteiger partial charge in [0.05, 0.1) is 26.7 Å². The molecule has 0 radical (unpaired) electrons. The summed E-state index contributed by atoms with van der Waals surface area (Å²) in [7, 11) is -0.680. The van der Waals surface area contributed by atoms with E-state index in [0.29, 0.717) is 11.3 Å². The van der Waals surface area contributed by atoms with Crippen LogP contribution >= 0.6 is 0 Å². The minimum absolute atomic E-state index is 0.0147. The molecule has 0 saturated carbocycles. The number of ether oxygens (including phenoxy) is 2. The summed E-state index contributed by atoms with van der Waals surface area (Å²) >= 11 is 0. The van der Waals surface area contributed by atoms with Gasteiger partial charge in [0.1, 0.15) is 16.4 Å². The van der Waals surface area contributed by atoms with Crippen molar-refractivity contribution in [3.63, 3.8) is 0 Å². The van der Waals surface area contributed by atoms with Crippen LogP contribution in [0.4, 0.5) is 0 Å². The van der Waals surface area contributed by atoms with Crippen molar-refractivity contribution >= 4 is 9.84 Å². The zero-order valence-corrected chi connectivity index (χ0v) is 10.7. The minimum Gasteiger partial charge on any atom is -0.496 e. The van der Waals surface area contributed by atoms with E-state index >= 15 is 0 Å². The largest absolute Gasteiger partial charge is 0.496 e. The van der Waals surface area contributed by atoms with Crippen molar-refractivity contribution in [1.82, 2.24) is 0 Å². The molecule has 0 N–H and O–H groups in total. The topological polar surface area (TPSA) is 76.4 Å². The van der Waals surface area contributed by atoms with E-state index < -0.39 is 9.84 Å². The third-order valence-corrected chi connectivity index (χ3v) is 3.44. The summed E-state index contributed by atoms with van der Waals surface area (Å²) in [6, 6.07) is 5.02. The smallest absolute Gasteiger partial charge is 0.179 e. The first-order valence-corrected chi connectivity index (χ1v) is 6.65. The number of hydrogen-bond donors (Lipinski definition) is 0. The average molecular weight is 255 g/mol. The molecule has 0 saturated heterocycles. The van der Waals surface area contributed by atoms with E-state index in [2.05, 4.69) is 0 Å². The summed E-state index contributed by atoms with van der Waals surface area (Å²) in [5.41, 5.74) is 0.330. The van der Waals surface area contributed by atoms with Crippen LogP contribution in [0.25, 0.3) is 0 Å². The molecule has 0 fully saturated rings. The maximum Gasteiger partial charge on any atom is 0.179 e. The molecule has 0 heterocycles. The summed E-state index contributed by atoms with van der Waals surface area (Å²) in [6.07, 6.45) is 1.02. The molecule has 0 aromatic heterocycles. The number of sulfone groups is 1. The van der Waals surface area contributed by atoms with Crippen molar-refractivity contribution in [3.05, 3.63) is 17.7 Å². The van der Waals surface area contributed by atoms with E-state index in [9.17, 15) is 8.42 Å². The molecule has 17 heavy (non-hydrogen) atoms. The van der Waals surface area contributed by atoms with Gasteiger partial charge in [0.15, 0.2) is 9.84 Å². The summed E-state index contributed by atoms with van der Waals surface area (Å²) < 4.78 is 33.5. The highest BCUT2D eigenvalue weighted by atomic mass is 32.2. The molecule has 0 atom stereocenters. The van der Waals surface area contributed by atoms with Crippen LogP contribution in [0.5, 0.6) is 11.5 Å². The van der Waals surface area contributed by atoms with Gasteiger partial charge in [0, 0.05) is 11.8 Å². The van der Waals surface area contributed by atoms with E-state index in [1.807, 2.05) is 6.07 Å². The normalized spacial score (nSPS) is 10.7. The lowest BCUT2D eigenvalue weighted by Crippen LogP contribution is -2.07. The average Bonchev–Trinajstić information content (AvgIpc) is 2.27. The number of benzene rings is 1. The summed E-state index contributed by atoms with van der Waals surface area (Å²) in [4.78, 5) is 0.0147. The predicted molar refractivity (Wildman–Crippen MR) is 62.0 cm³/mol. The van der Waals surface area contributed by atoms with Crippen molar-refractivity contribution in [1.29, 1.82) is 5.26 Å². The Hall–Kier alpha value is -1.74. The van der Waals surface area contributed by atoms with Gasteiger partial charge >= 0.3 is 0 Å².